The highest BCUT2D eigenvalue weighted by Crippen LogP contribution is 2.24. The summed E-state index contributed by atoms with van der Waals surface area (Å²) in [6, 6.07) is 7.37. The van der Waals surface area contributed by atoms with E-state index in [0.717, 1.165) is 29.4 Å². The van der Waals surface area contributed by atoms with Crippen molar-refractivity contribution >= 4 is 27.3 Å². The van der Waals surface area contributed by atoms with E-state index in [1.807, 2.05) is 6.07 Å². The normalized spacial score (nSPS) is 12.6. The van der Waals surface area contributed by atoms with Crippen LogP contribution in [0.5, 0.6) is 0 Å². The predicted molar refractivity (Wildman–Crippen MR) is 83.2 cm³/mol. The van der Waals surface area contributed by atoms with Crippen LogP contribution in [0.4, 0.5) is 4.39 Å². The largest absolute Gasteiger partial charge is 0.310 e. The molecule has 0 saturated heterocycles. The molecule has 1 heterocycles. The van der Waals surface area contributed by atoms with Gasteiger partial charge in [-0.15, -0.1) is 0 Å². The van der Waals surface area contributed by atoms with Crippen molar-refractivity contribution in [1.82, 2.24) is 5.32 Å². The van der Waals surface area contributed by atoms with Gasteiger partial charge in [0, 0.05) is 10.5 Å². The number of hydrogen-bond acceptors (Lipinski definition) is 2. The molecule has 1 nitrogen and oxygen atoms in total. The van der Waals surface area contributed by atoms with Crippen LogP contribution >= 0.6 is 27.3 Å². The van der Waals surface area contributed by atoms with Gasteiger partial charge in [-0.05, 0) is 65.5 Å². The van der Waals surface area contributed by atoms with Crippen molar-refractivity contribution in [2.75, 3.05) is 6.54 Å². The molecule has 0 amide bonds. The third-order valence-electron chi connectivity index (χ3n) is 2.95. The quantitative estimate of drug-likeness (QED) is 0.785. The average Bonchev–Trinajstić information content (AvgIpc) is 2.86. The lowest BCUT2D eigenvalue weighted by Crippen LogP contribution is -2.24. The maximum atomic E-state index is 13.5. The summed E-state index contributed by atoms with van der Waals surface area (Å²) in [6.07, 6.45) is 1.95. The highest BCUT2D eigenvalue weighted by Gasteiger charge is 2.13. The Kier molecular flexibility index (Phi) is 5.55. The lowest BCUT2D eigenvalue weighted by atomic mass is 10.0. The summed E-state index contributed by atoms with van der Waals surface area (Å²) in [5.41, 5.74) is 2.28. The summed E-state index contributed by atoms with van der Waals surface area (Å²) >= 11 is 5.06. The van der Waals surface area contributed by atoms with Gasteiger partial charge in [0.15, 0.2) is 0 Å². The Hall–Kier alpha value is -0.710. The molecular formula is C15H17BrFNS. The molecule has 102 valence electrons. The zero-order valence-electron chi connectivity index (χ0n) is 10.8. The summed E-state index contributed by atoms with van der Waals surface area (Å²) in [7, 11) is 0. The zero-order chi connectivity index (χ0) is 13.7. The topological polar surface area (TPSA) is 12.0 Å². The van der Waals surface area contributed by atoms with Crippen molar-refractivity contribution < 1.29 is 4.39 Å². The number of hydrogen-bond donors (Lipinski definition) is 1. The first-order chi connectivity index (χ1) is 9.19. The molecule has 0 bridgehead atoms. The highest BCUT2D eigenvalue weighted by molar-refractivity contribution is 9.10. The second-order valence-electron chi connectivity index (χ2n) is 4.55. The van der Waals surface area contributed by atoms with Gasteiger partial charge in [-0.3, -0.25) is 0 Å². The Labute approximate surface area is 126 Å². The second-order valence-corrected chi connectivity index (χ2v) is 6.24. The van der Waals surface area contributed by atoms with Gasteiger partial charge in [-0.1, -0.05) is 22.9 Å². The number of benzene rings is 1. The van der Waals surface area contributed by atoms with Gasteiger partial charge in [0.1, 0.15) is 5.82 Å². The van der Waals surface area contributed by atoms with Crippen molar-refractivity contribution in [2.24, 2.45) is 0 Å². The fourth-order valence-corrected chi connectivity index (χ4v) is 3.21. The van der Waals surface area contributed by atoms with Gasteiger partial charge in [0.25, 0.3) is 0 Å². The first kappa shape index (κ1) is 14.7. The smallest absolute Gasteiger partial charge is 0.124 e. The fourth-order valence-electron chi connectivity index (χ4n) is 2.05. The monoisotopic (exact) mass is 341 g/mol. The van der Waals surface area contributed by atoms with E-state index in [0.29, 0.717) is 0 Å². The number of thiophene rings is 1. The Morgan fingerprint density at radius 3 is 2.84 bits per heavy atom. The van der Waals surface area contributed by atoms with Crippen LogP contribution in [0, 0.1) is 5.82 Å². The van der Waals surface area contributed by atoms with Crippen LogP contribution in [-0.4, -0.2) is 6.54 Å². The van der Waals surface area contributed by atoms with Gasteiger partial charge in [0.2, 0.25) is 0 Å². The molecule has 0 saturated carbocycles. The molecule has 19 heavy (non-hydrogen) atoms. The second kappa shape index (κ2) is 7.17. The predicted octanol–water partition coefficient (Wildman–Crippen LogP) is 4.93. The minimum atomic E-state index is -0.196. The zero-order valence-corrected chi connectivity index (χ0v) is 13.2. The lowest BCUT2D eigenvalue weighted by molar-refractivity contribution is 0.524. The van der Waals surface area contributed by atoms with Crippen molar-refractivity contribution in [3.8, 4) is 0 Å². The van der Waals surface area contributed by atoms with Crippen molar-refractivity contribution in [3.63, 3.8) is 0 Å². The Morgan fingerprint density at radius 1 is 1.37 bits per heavy atom. The molecule has 0 aliphatic rings. The van der Waals surface area contributed by atoms with E-state index in [2.05, 4.69) is 45.0 Å². The molecule has 1 aromatic carbocycles. The van der Waals surface area contributed by atoms with Crippen LogP contribution in [0.25, 0.3) is 0 Å². The maximum Gasteiger partial charge on any atom is 0.124 e. The molecule has 1 aromatic heterocycles. The van der Waals surface area contributed by atoms with E-state index in [4.69, 9.17) is 0 Å². The molecule has 1 atom stereocenters. The van der Waals surface area contributed by atoms with Crippen LogP contribution in [0.1, 0.15) is 30.5 Å². The highest BCUT2D eigenvalue weighted by atomic mass is 79.9. The van der Waals surface area contributed by atoms with E-state index >= 15 is 0 Å². The first-order valence-electron chi connectivity index (χ1n) is 6.39. The van der Waals surface area contributed by atoms with Crippen LogP contribution in [0.15, 0.2) is 39.5 Å². The molecular weight excluding hydrogens is 325 g/mol. The minimum Gasteiger partial charge on any atom is -0.310 e. The number of halogens is 2. The third kappa shape index (κ3) is 4.41. The molecule has 2 aromatic rings. The SMILES string of the molecule is CCCNC(Cc1ccsc1)c1cc(F)cc(Br)c1. The van der Waals surface area contributed by atoms with E-state index in [1.54, 1.807) is 17.4 Å². The Balaban J connectivity index is 2.20. The van der Waals surface area contributed by atoms with Crippen LogP contribution < -0.4 is 5.32 Å². The summed E-state index contributed by atoms with van der Waals surface area (Å²) in [5.74, 6) is -0.196. The fraction of sp³-hybridized carbons (Fsp3) is 0.333. The van der Waals surface area contributed by atoms with E-state index in [1.165, 1.54) is 11.6 Å². The molecule has 0 spiro atoms. The van der Waals surface area contributed by atoms with Gasteiger partial charge in [-0.25, -0.2) is 4.39 Å². The molecule has 0 radical (unpaired) electrons. The summed E-state index contributed by atoms with van der Waals surface area (Å²) in [6.45, 7) is 3.07. The third-order valence-corrected chi connectivity index (χ3v) is 4.14. The van der Waals surface area contributed by atoms with Gasteiger partial charge in [-0.2, -0.15) is 11.3 Å². The van der Waals surface area contributed by atoms with E-state index in [-0.39, 0.29) is 11.9 Å². The molecule has 2 rings (SSSR count). The van der Waals surface area contributed by atoms with Crippen LogP contribution in [0.3, 0.4) is 0 Å². The first-order valence-corrected chi connectivity index (χ1v) is 8.13. The lowest BCUT2D eigenvalue weighted by Gasteiger charge is -2.19. The van der Waals surface area contributed by atoms with Crippen molar-refractivity contribution in [2.45, 2.75) is 25.8 Å². The van der Waals surface area contributed by atoms with Gasteiger partial charge >= 0.3 is 0 Å². The average molecular weight is 342 g/mol. The van der Waals surface area contributed by atoms with Crippen LogP contribution in [-0.2, 0) is 6.42 Å². The molecule has 1 N–H and O–H groups in total. The number of rotatable bonds is 6. The molecule has 4 heteroatoms. The standard InChI is InChI=1S/C15H17BrFNS/c1-2-4-18-15(6-11-3-5-19-10-11)12-7-13(16)9-14(17)8-12/h3,5,7-10,15,18H,2,4,6H2,1H3. The Morgan fingerprint density at radius 2 is 2.21 bits per heavy atom. The van der Waals surface area contributed by atoms with Crippen LogP contribution in [0.2, 0.25) is 0 Å². The summed E-state index contributed by atoms with van der Waals surface area (Å²) in [4.78, 5) is 0. The molecule has 0 aliphatic heterocycles. The maximum absolute atomic E-state index is 13.5. The summed E-state index contributed by atoms with van der Waals surface area (Å²) < 4.78 is 14.3. The Bertz CT molecular complexity index is 493. The van der Waals surface area contributed by atoms with E-state index < -0.39 is 0 Å². The van der Waals surface area contributed by atoms with Crippen molar-refractivity contribution in [1.29, 1.82) is 0 Å². The molecule has 0 fully saturated rings. The minimum absolute atomic E-state index is 0.154. The molecule has 0 aliphatic carbocycles. The number of nitrogens with one attached hydrogen (secondary N) is 1. The van der Waals surface area contributed by atoms with Gasteiger partial charge < -0.3 is 5.32 Å². The van der Waals surface area contributed by atoms with E-state index in [9.17, 15) is 4.39 Å². The van der Waals surface area contributed by atoms with Gasteiger partial charge in [0.05, 0.1) is 0 Å². The van der Waals surface area contributed by atoms with Crippen molar-refractivity contribution in [3.05, 3.63) is 56.4 Å². The molecule has 1 unspecified atom stereocenters. The summed E-state index contributed by atoms with van der Waals surface area (Å²) in [5, 5.41) is 7.72.